The molecule has 0 bridgehead atoms. The van der Waals surface area contributed by atoms with Gasteiger partial charge in [-0.25, -0.2) is 4.79 Å². The highest BCUT2D eigenvalue weighted by Gasteiger charge is 2.34. The van der Waals surface area contributed by atoms with Gasteiger partial charge in [0.05, 0.1) is 0 Å². The third kappa shape index (κ3) is 2.53. The van der Waals surface area contributed by atoms with E-state index in [2.05, 4.69) is 0 Å². The van der Waals surface area contributed by atoms with E-state index in [9.17, 15) is 9.90 Å². The summed E-state index contributed by atoms with van der Waals surface area (Å²) < 4.78 is 5.27. The fraction of sp³-hybridized carbons (Fsp3) is 0.267. The number of hydrogen-bond acceptors (Lipinski definition) is 3. The molecule has 1 unspecified atom stereocenters. The van der Waals surface area contributed by atoms with Gasteiger partial charge in [-0.05, 0) is 24.1 Å². The second-order valence-electron chi connectivity index (χ2n) is 4.45. The van der Waals surface area contributed by atoms with Crippen LogP contribution in [-0.2, 0) is 5.60 Å². The Hall–Kier alpha value is -2.07. The van der Waals surface area contributed by atoms with Gasteiger partial charge in [0.2, 0.25) is 5.76 Å². The molecule has 4 nitrogen and oxygen atoms in total. The maximum atomic E-state index is 10.9. The lowest BCUT2D eigenvalue weighted by atomic mass is 9.87. The number of aromatic carboxylic acids is 1. The van der Waals surface area contributed by atoms with E-state index in [0.717, 1.165) is 6.42 Å². The molecule has 1 atom stereocenters. The minimum atomic E-state index is -1.29. The summed E-state index contributed by atoms with van der Waals surface area (Å²) in [4.78, 5) is 10.9. The van der Waals surface area contributed by atoms with Crippen LogP contribution in [0.3, 0.4) is 0 Å². The van der Waals surface area contributed by atoms with E-state index in [1.54, 1.807) is 12.1 Å². The molecule has 1 aromatic heterocycles. The zero-order valence-electron chi connectivity index (χ0n) is 10.7. The van der Waals surface area contributed by atoms with Crippen LogP contribution < -0.4 is 0 Å². The molecule has 1 heterocycles. The summed E-state index contributed by atoms with van der Waals surface area (Å²) in [6, 6.07) is 12.0. The zero-order chi connectivity index (χ0) is 13.9. The Bertz CT molecular complexity index is 559. The normalized spacial score (nSPS) is 14.0. The highest BCUT2D eigenvalue weighted by atomic mass is 16.4. The molecule has 0 aliphatic carbocycles. The van der Waals surface area contributed by atoms with Gasteiger partial charge in [-0.2, -0.15) is 0 Å². The van der Waals surface area contributed by atoms with Crippen molar-refractivity contribution in [3.63, 3.8) is 0 Å². The van der Waals surface area contributed by atoms with Gasteiger partial charge in [0.1, 0.15) is 11.4 Å². The molecule has 0 aliphatic rings. The van der Waals surface area contributed by atoms with Gasteiger partial charge in [-0.15, -0.1) is 0 Å². The van der Waals surface area contributed by atoms with Crippen molar-refractivity contribution < 1.29 is 19.4 Å². The Morgan fingerprint density at radius 2 is 1.89 bits per heavy atom. The molecule has 2 aromatic rings. The molecule has 0 aliphatic heterocycles. The summed E-state index contributed by atoms with van der Waals surface area (Å²) >= 11 is 0. The van der Waals surface area contributed by atoms with E-state index < -0.39 is 11.6 Å². The first-order valence-electron chi connectivity index (χ1n) is 6.19. The number of rotatable bonds is 5. The SMILES string of the molecule is CCCC(O)(c1ccccc1)c1ccc(C(=O)O)o1. The van der Waals surface area contributed by atoms with Crippen LogP contribution in [0.15, 0.2) is 46.9 Å². The van der Waals surface area contributed by atoms with Crippen LogP contribution in [0.1, 0.15) is 41.6 Å². The molecule has 0 radical (unpaired) electrons. The third-order valence-electron chi connectivity index (χ3n) is 3.09. The quantitative estimate of drug-likeness (QED) is 0.866. The van der Waals surface area contributed by atoms with Gasteiger partial charge in [0.25, 0.3) is 0 Å². The van der Waals surface area contributed by atoms with Gasteiger partial charge in [-0.3, -0.25) is 0 Å². The van der Waals surface area contributed by atoms with Gasteiger partial charge < -0.3 is 14.6 Å². The zero-order valence-corrected chi connectivity index (χ0v) is 10.7. The molecular weight excluding hydrogens is 244 g/mol. The van der Waals surface area contributed by atoms with Crippen molar-refractivity contribution in [3.8, 4) is 0 Å². The second kappa shape index (κ2) is 5.28. The predicted molar refractivity (Wildman–Crippen MR) is 70.0 cm³/mol. The highest BCUT2D eigenvalue weighted by molar-refractivity contribution is 5.84. The lowest BCUT2D eigenvalue weighted by Gasteiger charge is -2.26. The molecule has 4 heteroatoms. The predicted octanol–water partition coefficient (Wildman–Crippen LogP) is 3.01. The van der Waals surface area contributed by atoms with Crippen LogP contribution >= 0.6 is 0 Å². The third-order valence-corrected chi connectivity index (χ3v) is 3.09. The topological polar surface area (TPSA) is 70.7 Å². The van der Waals surface area contributed by atoms with Gasteiger partial charge in [0, 0.05) is 0 Å². The Labute approximate surface area is 111 Å². The first-order chi connectivity index (χ1) is 9.08. The molecule has 0 amide bonds. The monoisotopic (exact) mass is 260 g/mol. The number of hydrogen-bond donors (Lipinski definition) is 2. The van der Waals surface area contributed by atoms with E-state index in [0.29, 0.717) is 12.0 Å². The van der Waals surface area contributed by atoms with Crippen LogP contribution in [0.4, 0.5) is 0 Å². The first kappa shape index (κ1) is 13.4. The largest absolute Gasteiger partial charge is 0.475 e. The number of carboxylic acid groups (broad SMARTS) is 1. The van der Waals surface area contributed by atoms with Crippen LogP contribution in [0.25, 0.3) is 0 Å². The van der Waals surface area contributed by atoms with E-state index in [1.807, 2.05) is 25.1 Å². The lowest BCUT2D eigenvalue weighted by Crippen LogP contribution is -2.26. The molecule has 100 valence electrons. The first-order valence-corrected chi connectivity index (χ1v) is 6.19. The van der Waals surface area contributed by atoms with Crippen molar-refractivity contribution in [1.29, 1.82) is 0 Å². The Kier molecular flexibility index (Phi) is 3.71. The standard InChI is InChI=1S/C15H16O4/c1-2-10-15(18,11-6-4-3-5-7-11)13-9-8-12(19-13)14(16)17/h3-9,18H,2,10H2,1H3,(H,16,17). The number of furan rings is 1. The van der Waals surface area contributed by atoms with Gasteiger partial charge in [0.15, 0.2) is 0 Å². The minimum Gasteiger partial charge on any atom is -0.475 e. The highest BCUT2D eigenvalue weighted by Crippen LogP contribution is 2.35. The summed E-state index contributed by atoms with van der Waals surface area (Å²) in [6.45, 7) is 1.95. The van der Waals surface area contributed by atoms with Gasteiger partial charge in [-0.1, -0.05) is 43.7 Å². The van der Waals surface area contributed by atoms with Crippen LogP contribution in [0.5, 0.6) is 0 Å². The maximum absolute atomic E-state index is 10.9. The van der Waals surface area contributed by atoms with Crippen LogP contribution in [0, 0.1) is 0 Å². The van der Waals surface area contributed by atoms with Crippen LogP contribution in [-0.4, -0.2) is 16.2 Å². The van der Waals surface area contributed by atoms with Crippen molar-refractivity contribution >= 4 is 5.97 Å². The summed E-state index contributed by atoms with van der Waals surface area (Å²) in [6.07, 6.45) is 1.21. The molecule has 0 saturated heterocycles. The summed E-state index contributed by atoms with van der Waals surface area (Å²) in [5.74, 6) is -1.04. The van der Waals surface area contributed by atoms with Gasteiger partial charge >= 0.3 is 5.97 Å². The molecule has 0 saturated carbocycles. The number of carbonyl (C=O) groups is 1. The summed E-state index contributed by atoms with van der Waals surface area (Å²) in [5, 5.41) is 19.8. The number of carboxylic acids is 1. The molecule has 19 heavy (non-hydrogen) atoms. The Morgan fingerprint density at radius 1 is 1.21 bits per heavy atom. The van der Waals surface area contributed by atoms with Crippen molar-refractivity contribution in [2.75, 3.05) is 0 Å². The Morgan fingerprint density at radius 3 is 2.42 bits per heavy atom. The fourth-order valence-electron chi connectivity index (χ4n) is 2.16. The van der Waals surface area contributed by atoms with E-state index in [1.165, 1.54) is 12.1 Å². The fourth-order valence-corrected chi connectivity index (χ4v) is 2.16. The molecule has 0 fully saturated rings. The van der Waals surface area contributed by atoms with Crippen molar-refractivity contribution in [3.05, 3.63) is 59.5 Å². The van der Waals surface area contributed by atoms with Crippen molar-refractivity contribution in [1.82, 2.24) is 0 Å². The van der Waals surface area contributed by atoms with Crippen molar-refractivity contribution in [2.24, 2.45) is 0 Å². The summed E-state index contributed by atoms with van der Waals surface area (Å²) in [7, 11) is 0. The lowest BCUT2D eigenvalue weighted by molar-refractivity contribution is 0.0428. The van der Waals surface area contributed by atoms with Crippen molar-refractivity contribution in [2.45, 2.75) is 25.4 Å². The molecule has 2 rings (SSSR count). The average molecular weight is 260 g/mol. The van der Waals surface area contributed by atoms with Crippen LogP contribution in [0.2, 0.25) is 0 Å². The van der Waals surface area contributed by atoms with E-state index >= 15 is 0 Å². The second-order valence-corrected chi connectivity index (χ2v) is 4.45. The number of benzene rings is 1. The molecule has 0 spiro atoms. The van der Waals surface area contributed by atoms with E-state index in [4.69, 9.17) is 9.52 Å². The Balaban J connectivity index is 2.46. The average Bonchev–Trinajstić information content (AvgIpc) is 2.90. The summed E-state index contributed by atoms with van der Waals surface area (Å²) in [5.41, 5.74) is -0.591. The molecule has 2 N–H and O–H groups in total. The molecule has 1 aromatic carbocycles. The van der Waals surface area contributed by atoms with E-state index in [-0.39, 0.29) is 11.5 Å². The smallest absolute Gasteiger partial charge is 0.371 e. The minimum absolute atomic E-state index is 0.166. The number of aliphatic hydroxyl groups is 1. The molecular formula is C15H16O4. The maximum Gasteiger partial charge on any atom is 0.371 e.